The smallest absolute Gasteiger partial charge is 0.248 e. The zero-order valence-corrected chi connectivity index (χ0v) is 9.55. The van der Waals surface area contributed by atoms with E-state index in [1.54, 1.807) is 13.0 Å². The van der Waals surface area contributed by atoms with Crippen molar-refractivity contribution in [1.29, 1.82) is 0 Å². The molecule has 0 saturated carbocycles. The molecule has 0 fully saturated rings. The number of hydrogen-bond donors (Lipinski definition) is 1. The van der Waals surface area contributed by atoms with Crippen LogP contribution in [0.2, 0.25) is 0 Å². The summed E-state index contributed by atoms with van der Waals surface area (Å²) in [5, 5.41) is 0. The third-order valence-corrected chi connectivity index (χ3v) is 3.13. The maximum Gasteiger partial charge on any atom is 0.343 e. The predicted octanol–water partition coefficient (Wildman–Crippen LogP) is 1.32. The van der Waals surface area contributed by atoms with Gasteiger partial charge in [0.1, 0.15) is 5.82 Å². The minimum Gasteiger partial charge on any atom is -0.248 e. The van der Waals surface area contributed by atoms with E-state index in [2.05, 4.69) is 30.0 Å². The molecule has 0 radical (unpaired) electrons. The van der Waals surface area contributed by atoms with Gasteiger partial charge in [-0.1, -0.05) is 0 Å². The van der Waals surface area contributed by atoms with Crippen molar-refractivity contribution in [2.75, 3.05) is 4.72 Å². The predicted molar refractivity (Wildman–Crippen MR) is 56.7 cm³/mol. The van der Waals surface area contributed by atoms with Crippen LogP contribution in [-0.4, -0.2) is 19.1 Å². The standard InChI is InChI=1S/C7H6BrN3O2S/c1-4-6-2-5(8)3-9-7(6)11-14(12,13)10-4/h2-3H,1H3,(H,9,11). The van der Waals surface area contributed by atoms with Crippen molar-refractivity contribution in [3.8, 4) is 0 Å². The van der Waals surface area contributed by atoms with E-state index in [1.807, 2.05) is 0 Å². The molecule has 14 heavy (non-hydrogen) atoms. The highest BCUT2D eigenvalue weighted by Gasteiger charge is 2.20. The Morgan fingerprint density at radius 2 is 2.21 bits per heavy atom. The van der Waals surface area contributed by atoms with Crippen molar-refractivity contribution in [1.82, 2.24) is 4.98 Å². The van der Waals surface area contributed by atoms with E-state index < -0.39 is 10.2 Å². The number of pyridine rings is 1. The van der Waals surface area contributed by atoms with Crippen LogP contribution in [0.4, 0.5) is 5.82 Å². The molecule has 0 unspecified atom stereocenters. The van der Waals surface area contributed by atoms with Gasteiger partial charge in [-0.2, -0.15) is 8.42 Å². The molecule has 1 aliphatic rings. The molecule has 2 heterocycles. The van der Waals surface area contributed by atoms with Crippen molar-refractivity contribution in [2.24, 2.45) is 4.40 Å². The van der Waals surface area contributed by atoms with Crippen molar-refractivity contribution in [3.05, 3.63) is 22.3 Å². The van der Waals surface area contributed by atoms with Crippen LogP contribution in [0.25, 0.3) is 0 Å². The summed E-state index contributed by atoms with van der Waals surface area (Å²) in [4.78, 5) is 3.95. The van der Waals surface area contributed by atoms with Crippen LogP contribution in [0.5, 0.6) is 0 Å². The van der Waals surface area contributed by atoms with Gasteiger partial charge in [0, 0.05) is 16.2 Å². The van der Waals surface area contributed by atoms with Gasteiger partial charge in [-0.3, -0.25) is 0 Å². The summed E-state index contributed by atoms with van der Waals surface area (Å²) in [7, 11) is -3.60. The van der Waals surface area contributed by atoms with Gasteiger partial charge in [0.05, 0.1) is 5.71 Å². The quantitative estimate of drug-likeness (QED) is 0.776. The number of halogens is 1. The van der Waals surface area contributed by atoms with Gasteiger partial charge < -0.3 is 0 Å². The summed E-state index contributed by atoms with van der Waals surface area (Å²) >= 11 is 3.25. The second kappa shape index (κ2) is 3.03. The SMILES string of the molecule is CC1=NS(=O)(=O)Nc2ncc(Br)cc21. The second-order valence-electron chi connectivity index (χ2n) is 2.80. The highest BCUT2D eigenvalue weighted by atomic mass is 79.9. The maximum atomic E-state index is 11.2. The van der Waals surface area contributed by atoms with Crippen molar-refractivity contribution >= 4 is 37.7 Å². The Morgan fingerprint density at radius 1 is 1.50 bits per heavy atom. The number of anilines is 1. The Hall–Kier alpha value is -0.950. The summed E-state index contributed by atoms with van der Waals surface area (Å²) in [6.45, 7) is 1.63. The Labute approximate surface area is 89.6 Å². The van der Waals surface area contributed by atoms with Gasteiger partial charge >= 0.3 is 10.2 Å². The Balaban J connectivity index is 2.68. The summed E-state index contributed by atoms with van der Waals surface area (Å²) in [6.07, 6.45) is 1.53. The van der Waals surface area contributed by atoms with E-state index in [-0.39, 0.29) is 0 Å². The Morgan fingerprint density at radius 3 is 2.93 bits per heavy atom. The van der Waals surface area contributed by atoms with E-state index in [4.69, 9.17) is 0 Å². The molecule has 74 valence electrons. The van der Waals surface area contributed by atoms with Crippen molar-refractivity contribution in [3.63, 3.8) is 0 Å². The first-order valence-corrected chi connectivity index (χ1v) is 5.96. The van der Waals surface area contributed by atoms with Crippen LogP contribution in [-0.2, 0) is 10.2 Å². The zero-order valence-electron chi connectivity index (χ0n) is 7.15. The molecular weight excluding hydrogens is 270 g/mol. The fourth-order valence-electron chi connectivity index (χ4n) is 1.17. The first-order valence-electron chi connectivity index (χ1n) is 3.73. The Bertz CT molecular complexity index is 524. The topological polar surface area (TPSA) is 71.4 Å². The molecule has 0 saturated heterocycles. The van der Waals surface area contributed by atoms with Gasteiger partial charge in [0.2, 0.25) is 0 Å². The molecule has 0 aliphatic carbocycles. The normalized spacial score (nSPS) is 18.0. The molecule has 0 amide bonds. The second-order valence-corrected chi connectivity index (χ2v) is 5.06. The van der Waals surface area contributed by atoms with Gasteiger partial charge in [0.15, 0.2) is 0 Å². The Kier molecular flexibility index (Phi) is 2.07. The molecule has 1 N–H and O–H groups in total. The largest absolute Gasteiger partial charge is 0.343 e. The maximum absolute atomic E-state index is 11.2. The lowest BCUT2D eigenvalue weighted by atomic mass is 10.2. The number of hydrogen-bond acceptors (Lipinski definition) is 3. The fourth-order valence-corrected chi connectivity index (χ4v) is 2.41. The molecular formula is C7H6BrN3O2S. The number of aromatic nitrogens is 1. The highest BCUT2D eigenvalue weighted by Crippen LogP contribution is 2.23. The molecule has 5 nitrogen and oxygen atoms in total. The number of rotatable bonds is 0. The van der Waals surface area contributed by atoms with E-state index >= 15 is 0 Å². The van der Waals surface area contributed by atoms with E-state index in [1.165, 1.54) is 6.20 Å². The van der Waals surface area contributed by atoms with Crippen LogP contribution in [0.1, 0.15) is 12.5 Å². The molecule has 7 heteroatoms. The van der Waals surface area contributed by atoms with Crippen LogP contribution in [0.3, 0.4) is 0 Å². The summed E-state index contributed by atoms with van der Waals surface area (Å²) in [6, 6.07) is 1.77. The highest BCUT2D eigenvalue weighted by molar-refractivity contribution is 9.10. The van der Waals surface area contributed by atoms with Gasteiger partial charge in [-0.25, -0.2) is 9.71 Å². The first kappa shape index (κ1) is 9.60. The molecule has 2 rings (SSSR count). The zero-order chi connectivity index (χ0) is 10.3. The fraction of sp³-hybridized carbons (Fsp3) is 0.143. The molecule has 1 aromatic rings. The average Bonchev–Trinajstić information content (AvgIpc) is 2.05. The molecule has 1 aliphatic heterocycles. The monoisotopic (exact) mass is 275 g/mol. The van der Waals surface area contributed by atoms with Crippen LogP contribution in [0, 0.1) is 0 Å². The molecule has 0 spiro atoms. The number of nitrogens with zero attached hydrogens (tertiary/aromatic N) is 2. The van der Waals surface area contributed by atoms with E-state index in [9.17, 15) is 8.42 Å². The van der Waals surface area contributed by atoms with Gasteiger partial charge in [-0.15, -0.1) is 4.40 Å². The summed E-state index contributed by atoms with van der Waals surface area (Å²) in [5.41, 5.74) is 1.13. The van der Waals surface area contributed by atoms with Gasteiger partial charge in [-0.05, 0) is 28.9 Å². The first-order chi connectivity index (χ1) is 6.48. The van der Waals surface area contributed by atoms with Crippen molar-refractivity contribution in [2.45, 2.75) is 6.92 Å². The van der Waals surface area contributed by atoms with Crippen LogP contribution >= 0.6 is 15.9 Å². The molecule has 1 aromatic heterocycles. The average molecular weight is 276 g/mol. The minimum absolute atomic E-state index is 0.320. The minimum atomic E-state index is -3.60. The third kappa shape index (κ3) is 1.64. The molecule has 0 bridgehead atoms. The lowest BCUT2D eigenvalue weighted by Crippen LogP contribution is -2.20. The van der Waals surface area contributed by atoms with Gasteiger partial charge in [0.25, 0.3) is 0 Å². The summed E-state index contributed by atoms with van der Waals surface area (Å²) < 4.78 is 28.9. The lowest BCUT2D eigenvalue weighted by molar-refractivity contribution is 0.602. The van der Waals surface area contributed by atoms with E-state index in [0.717, 1.165) is 4.47 Å². The summed E-state index contributed by atoms with van der Waals surface area (Å²) in [5.74, 6) is 0.320. The van der Waals surface area contributed by atoms with E-state index in [0.29, 0.717) is 17.1 Å². The van der Waals surface area contributed by atoms with Crippen LogP contribution in [0.15, 0.2) is 21.1 Å². The molecule has 0 aromatic carbocycles. The number of fused-ring (bicyclic) bond motifs is 1. The third-order valence-electron chi connectivity index (χ3n) is 1.73. The van der Waals surface area contributed by atoms with Crippen LogP contribution < -0.4 is 4.72 Å². The molecule has 0 atom stereocenters. The van der Waals surface area contributed by atoms with Crippen molar-refractivity contribution < 1.29 is 8.42 Å². The lowest BCUT2D eigenvalue weighted by Gasteiger charge is -2.14. The number of nitrogens with one attached hydrogen (secondary N) is 1.